The Kier molecular flexibility index (Phi) is 4.20. The number of rotatable bonds is 3. The number of aromatic nitrogens is 1. The predicted molar refractivity (Wildman–Crippen MR) is 66.3 cm³/mol. The second-order valence-electron chi connectivity index (χ2n) is 4.51. The average Bonchev–Trinajstić information content (AvgIpc) is 2.77. The lowest BCUT2D eigenvalue weighted by Gasteiger charge is -2.21. The van der Waals surface area contributed by atoms with Crippen LogP contribution in [0.2, 0.25) is 5.02 Å². The molecule has 19 heavy (non-hydrogen) atoms. The third-order valence-corrected chi connectivity index (χ3v) is 3.53. The van der Waals surface area contributed by atoms with Crippen LogP contribution in [0.4, 0.5) is 19.0 Å². The molecule has 1 aliphatic rings. The number of nitrogens with zero attached hydrogens (tertiary/aromatic N) is 1. The van der Waals surface area contributed by atoms with Crippen LogP contribution in [0.5, 0.6) is 0 Å². The molecule has 1 saturated carbocycles. The second kappa shape index (κ2) is 5.54. The Morgan fingerprint density at radius 1 is 1.42 bits per heavy atom. The summed E-state index contributed by atoms with van der Waals surface area (Å²) in [6.45, 7) is 0. The molecule has 2 atom stereocenters. The molecule has 0 aromatic carbocycles. The van der Waals surface area contributed by atoms with E-state index in [-0.39, 0.29) is 23.0 Å². The Labute approximate surface area is 114 Å². The number of pyridine rings is 1. The minimum Gasteiger partial charge on any atom is -0.379 e. The predicted octanol–water partition coefficient (Wildman–Crippen LogP) is 3.73. The zero-order valence-electron chi connectivity index (χ0n) is 10.3. The van der Waals surface area contributed by atoms with E-state index >= 15 is 0 Å². The molecule has 0 aliphatic heterocycles. The molecule has 1 aromatic rings. The van der Waals surface area contributed by atoms with Crippen LogP contribution < -0.4 is 5.32 Å². The van der Waals surface area contributed by atoms with Gasteiger partial charge in [-0.2, -0.15) is 13.2 Å². The van der Waals surface area contributed by atoms with Gasteiger partial charge in [-0.3, -0.25) is 0 Å². The van der Waals surface area contributed by atoms with E-state index in [1.54, 1.807) is 7.11 Å². The Balaban J connectivity index is 2.13. The fourth-order valence-corrected chi connectivity index (χ4v) is 2.47. The topological polar surface area (TPSA) is 34.1 Å². The third kappa shape index (κ3) is 3.30. The number of halogens is 4. The van der Waals surface area contributed by atoms with Crippen LogP contribution in [0.25, 0.3) is 0 Å². The van der Waals surface area contributed by atoms with E-state index in [2.05, 4.69) is 10.3 Å². The zero-order chi connectivity index (χ0) is 14.0. The van der Waals surface area contributed by atoms with E-state index in [0.29, 0.717) is 0 Å². The van der Waals surface area contributed by atoms with Crippen LogP contribution in [0.15, 0.2) is 12.3 Å². The summed E-state index contributed by atoms with van der Waals surface area (Å²) in [5.41, 5.74) is -0.849. The van der Waals surface area contributed by atoms with Gasteiger partial charge in [0.15, 0.2) is 0 Å². The molecule has 2 unspecified atom stereocenters. The lowest BCUT2D eigenvalue weighted by atomic mass is 10.2. The van der Waals surface area contributed by atoms with Crippen LogP contribution in [0.3, 0.4) is 0 Å². The molecule has 1 fully saturated rings. The lowest BCUT2D eigenvalue weighted by molar-refractivity contribution is -0.137. The highest BCUT2D eigenvalue weighted by Gasteiger charge is 2.32. The van der Waals surface area contributed by atoms with E-state index in [4.69, 9.17) is 16.3 Å². The Bertz CT molecular complexity index is 453. The Morgan fingerprint density at radius 3 is 2.74 bits per heavy atom. The smallest absolute Gasteiger partial charge is 0.379 e. The van der Waals surface area contributed by atoms with Crippen molar-refractivity contribution in [3.63, 3.8) is 0 Å². The normalized spacial score (nSPS) is 23.6. The van der Waals surface area contributed by atoms with Gasteiger partial charge in [0.2, 0.25) is 0 Å². The van der Waals surface area contributed by atoms with Crippen molar-refractivity contribution < 1.29 is 17.9 Å². The summed E-state index contributed by atoms with van der Waals surface area (Å²) in [4.78, 5) is 3.76. The number of anilines is 1. The number of methoxy groups -OCH3 is 1. The van der Waals surface area contributed by atoms with Crippen molar-refractivity contribution in [3.8, 4) is 0 Å². The van der Waals surface area contributed by atoms with Gasteiger partial charge in [0.1, 0.15) is 5.82 Å². The summed E-state index contributed by atoms with van der Waals surface area (Å²) < 4.78 is 42.7. The second-order valence-corrected chi connectivity index (χ2v) is 4.92. The minimum absolute atomic E-state index is 0.0309. The quantitative estimate of drug-likeness (QED) is 0.922. The summed E-state index contributed by atoms with van der Waals surface area (Å²) in [6.07, 6.45) is -0.791. The minimum atomic E-state index is -4.43. The van der Waals surface area contributed by atoms with E-state index in [1.165, 1.54) is 0 Å². The highest BCUT2D eigenvalue weighted by atomic mass is 35.5. The van der Waals surface area contributed by atoms with Crippen LogP contribution in [0.1, 0.15) is 24.8 Å². The highest BCUT2D eigenvalue weighted by Crippen LogP contribution is 2.33. The van der Waals surface area contributed by atoms with E-state index in [1.807, 2.05) is 0 Å². The van der Waals surface area contributed by atoms with Crippen LogP contribution in [0, 0.1) is 0 Å². The summed E-state index contributed by atoms with van der Waals surface area (Å²) in [5, 5.41) is 3.02. The molecule has 1 heterocycles. The van der Waals surface area contributed by atoms with E-state index in [9.17, 15) is 13.2 Å². The summed E-state index contributed by atoms with van der Waals surface area (Å²) in [5.74, 6) is 0.267. The van der Waals surface area contributed by atoms with Crippen molar-refractivity contribution in [2.75, 3.05) is 12.4 Å². The fraction of sp³-hybridized carbons (Fsp3) is 0.583. The van der Waals surface area contributed by atoms with Gasteiger partial charge in [-0.05, 0) is 25.3 Å². The first-order valence-electron chi connectivity index (χ1n) is 5.94. The van der Waals surface area contributed by atoms with Crippen LogP contribution in [-0.4, -0.2) is 24.2 Å². The van der Waals surface area contributed by atoms with Crippen LogP contribution >= 0.6 is 11.6 Å². The largest absolute Gasteiger partial charge is 0.417 e. The number of hydrogen-bond donors (Lipinski definition) is 1. The monoisotopic (exact) mass is 294 g/mol. The number of nitrogens with one attached hydrogen (secondary N) is 1. The van der Waals surface area contributed by atoms with E-state index < -0.39 is 11.7 Å². The van der Waals surface area contributed by atoms with Gasteiger partial charge in [-0.25, -0.2) is 4.98 Å². The van der Waals surface area contributed by atoms with Gasteiger partial charge < -0.3 is 10.1 Å². The van der Waals surface area contributed by atoms with Crippen molar-refractivity contribution >= 4 is 17.4 Å². The van der Waals surface area contributed by atoms with Crippen molar-refractivity contribution in [2.45, 2.75) is 37.6 Å². The summed E-state index contributed by atoms with van der Waals surface area (Å²) in [7, 11) is 1.62. The molecule has 0 saturated heterocycles. The van der Waals surface area contributed by atoms with Gasteiger partial charge >= 0.3 is 6.18 Å². The molecule has 1 N–H and O–H groups in total. The standard InChI is InChI=1S/C12H14ClF3N2O/c1-19-10-4-2-3-9(10)18-11-8(13)5-7(6-17-11)12(14,15)16/h5-6,9-10H,2-4H2,1H3,(H,17,18). The molecular weight excluding hydrogens is 281 g/mol. The molecule has 0 spiro atoms. The van der Waals surface area contributed by atoms with Crippen molar-refractivity contribution in [3.05, 3.63) is 22.8 Å². The highest BCUT2D eigenvalue weighted by molar-refractivity contribution is 6.33. The molecule has 1 aromatic heterocycles. The molecule has 0 amide bonds. The fourth-order valence-electron chi connectivity index (χ4n) is 2.25. The average molecular weight is 295 g/mol. The van der Waals surface area contributed by atoms with Crippen molar-refractivity contribution in [2.24, 2.45) is 0 Å². The number of ether oxygens (including phenoxy) is 1. The SMILES string of the molecule is COC1CCCC1Nc1ncc(C(F)(F)F)cc1Cl. The van der Waals surface area contributed by atoms with Crippen molar-refractivity contribution in [1.82, 2.24) is 4.98 Å². The van der Waals surface area contributed by atoms with Crippen molar-refractivity contribution in [1.29, 1.82) is 0 Å². The first-order valence-corrected chi connectivity index (χ1v) is 6.31. The van der Waals surface area contributed by atoms with E-state index in [0.717, 1.165) is 31.5 Å². The molecule has 2 rings (SSSR count). The van der Waals surface area contributed by atoms with Crippen LogP contribution in [-0.2, 0) is 10.9 Å². The number of alkyl halides is 3. The molecular formula is C12H14ClF3N2O. The first kappa shape index (κ1) is 14.4. The summed E-state index contributed by atoms with van der Waals surface area (Å²) in [6, 6.07) is 0.917. The number of hydrogen-bond acceptors (Lipinski definition) is 3. The van der Waals surface area contributed by atoms with Gasteiger partial charge in [0, 0.05) is 13.3 Å². The maximum Gasteiger partial charge on any atom is 0.417 e. The van der Waals surface area contributed by atoms with Gasteiger partial charge in [0.05, 0.1) is 22.7 Å². The molecule has 0 bridgehead atoms. The maximum absolute atomic E-state index is 12.5. The molecule has 3 nitrogen and oxygen atoms in total. The lowest BCUT2D eigenvalue weighted by Crippen LogP contribution is -2.30. The Morgan fingerprint density at radius 2 is 2.16 bits per heavy atom. The third-order valence-electron chi connectivity index (χ3n) is 3.25. The van der Waals surface area contributed by atoms with Gasteiger partial charge in [-0.15, -0.1) is 0 Å². The first-order chi connectivity index (χ1) is 8.91. The molecule has 7 heteroatoms. The molecule has 106 valence electrons. The zero-order valence-corrected chi connectivity index (χ0v) is 11.1. The Hall–Kier alpha value is -1.01. The molecule has 1 aliphatic carbocycles. The van der Waals surface area contributed by atoms with Gasteiger partial charge in [-0.1, -0.05) is 11.6 Å². The maximum atomic E-state index is 12.5. The van der Waals surface area contributed by atoms with Gasteiger partial charge in [0.25, 0.3) is 0 Å². The molecule has 0 radical (unpaired) electrons. The summed E-state index contributed by atoms with van der Waals surface area (Å²) >= 11 is 5.84.